The van der Waals surface area contributed by atoms with Crippen molar-refractivity contribution in [1.29, 1.82) is 0 Å². The fraction of sp³-hybridized carbons (Fsp3) is 0.412. The van der Waals surface area contributed by atoms with E-state index in [1.807, 2.05) is 4.98 Å². The Hall–Kier alpha value is -2.00. The standard InChI is InChI=1S/C17H14B3F2N2O9PS/c1-29-9-4-2-3-7-6-30-34(28,31-10(7)9)33-17(19,20)15(22)11(25)12(26)16(18,32-15)24-5-8(21)13(35)23-14(24)27/h2-5,11-12,25-26H,6H2,1H3,(H,23,27,35)/t11-,12+,15-,16-,34?/m0/s1. The molecule has 5 atom stereocenters. The van der Waals surface area contributed by atoms with Gasteiger partial charge in [0.25, 0.3) is 5.85 Å². The van der Waals surface area contributed by atoms with E-state index in [1.165, 1.54) is 13.2 Å². The zero-order chi connectivity index (χ0) is 26.0. The Labute approximate surface area is 205 Å². The summed E-state index contributed by atoms with van der Waals surface area (Å²) in [5.74, 6) is -5.01. The number of methoxy groups -OCH3 is 1. The zero-order valence-electron chi connectivity index (χ0n) is 17.7. The van der Waals surface area contributed by atoms with E-state index in [1.54, 1.807) is 12.1 Å². The van der Waals surface area contributed by atoms with Crippen molar-refractivity contribution in [2.45, 2.75) is 35.7 Å². The fourth-order valence-corrected chi connectivity index (χ4v) is 5.02. The molecule has 1 saturated heterocycles. The van der Waals surface area contributed by atoms with Crippen molar-refractivity contribution in [3.05, 3.63) is 50.9 Å². The van der Waals surface area contributed by atoms with Crippen LogP contribution in [-0.2, 0) is 30.6 Å². The number of aromatic amines is 1. The van der Waals surface area contributed by atoms with E-state index < -0.39 is 53.1 Å². The van der Waals surface area contributed by atoms with E-state index in [4.69, 9.17) is 46.6 Å². The van der Waals surface area contributed by atoms with Gasteiger partial charge in [-0.1, -0.05) is 24.4 Å². The Morgan fingerprint density at radius 2 is 2.06 bits per heavy atom. The highest BCUT2D eigenvalue weighted by atomic mass is 32.1. The lowest BCUT2D eigenvalue weighted by Crippen LogP contribution is -2.60. The minimum atomic E-state index is -4.82. The van der Waals surface area contributed by atoms with Crippen molar-refractivity contribution >= 4 is 43.6 Å². The summed E-state index contributed by atoms with van der Waals surface area (Å²) in [6, 6.07) is 4.62. The number of halogens is 2. The summed E-state index contributed by atoms with van der Waals surface area (Å²) in [5, 5.41) is 17.5. The van der Waals surface area contributed by atoms with Crippen molar-refractivity contribution < 1.29 is 46.6 Å². The minimum absolute atomic E-state index is 0.0732. The molecule has 1 fully saturated rings. The number of fused-ring (bicyclic) bond motifs is 1. The van der Waals surface area contributed by atoms with Crippen LogP contribution in [0.1, 0.15) is 5.56 Å². The number of aliphatic hydroxyl groups excluding tert-OH is 2. The monoisotopic (exact) mass is 524 g/mol. The first-order valence-electron chi connectivity index (χ1n) is 9.62. The largest absolute Gasteiger partial charge is 0.529 e. The zero-order valence-corrected chi connectivity index (χ0v) is 19.4. The molecular weight excluding hydrogens is 510 g/mol. The maximum absolute atomic E-state index is 16.0. The highest BCUT2D eigenvalue weighted by molar-refractivity contribution is 7.71. The molecule has 35 heavy (non-hydrogen) atoms. The summed E-state index contributed by atoms with van der Waals surface area (Å²) in [4.78, 5) is 14.1. The number of aromatic nitrogens is 2. The Morgan fingerprint density at radius 1 is 1.37 bits per heavy atom. The van der Waals surface area contributed by atoms with Gasteiger partial charge in [0.15, 0.2) is 17.3 Å². The molecule has 18 heteroatoms. The molecule has 3 N–H and O–H groups in total. The Balaban J connectivity index is 1.69. The summed E-state index contributed by atoms with van der Waals surface area (Å²) >= 11 is 4.58. The number of phosphoric ester groups is 1. The van der Waals surface area contributed by atoms with Gasteiger partial charge < -0.3 is 24.2 Å². The van der Waals surface area contributed by atoms with Gasteiger partial charge in [-0.15, -0.1) is 0 Å². The lowest BCUT2D eigenvalue weighted by Gasteiger charge is -2.42. The molecule has 0 bridgehead atoms. The summed E-state index contributed by atoms with van der Waals surface area (Å²) in [7, 11) is 13.7. The van der Waals surface area contributed by atoms with Crippen LogP contribution in [-0.4, -0.2) is 73.9 Å². The number of phosphoric acid groups is 1. The average molecular weight is 524 g/mol. The second-order valence-electron chi connectivity index (χ2n) is 7.64. The maximum atomic E-state index is 16.0. The Bertz CT molecular complexity index is 1330. The maximum Gasteiger partial charge on any atom is 0.529 e. The van der Waals surface area contributed by atoms with Gasteiger partial charge in [0, 0.05) is 11.8 Å². The molecule has 0 aliphatic carbocycles. The molecule has 11 nitrogen and oxygen atoms in total. The van der Waals surface area contributed by atoms with Crippen LogP contribution in [0.4, 0.5) is 8.78 Å². The number of nitrogens with zero attached hydrogens (tertiary/aromatic N) is 1. The third kappa shape index (κ3) is 4.08. The third-order valence-corrected chi connectivity index (χ3v) is 7.02. The van der Waals surface area contributed by atoms with Gasteiger partial charge in [-0.05, 0) is 6.07 Å². The summed E-state index contributed by atoms with van der Waals surface area (Å²) in [6.45, 7) is -0.357. The molecule has 1 unspecified atom stereocenters. The molecule has 2 aliphatic heterocycles. The van der Waals surface area contributed by atoms with Gasteiger partial charge in [0.05, 0.1) is 19.1 Å². The number of hydrogen-bond donors (Lipinski definition) is 3. The molecule has 0 saturated carbocycles. The third-order valence-electron chi connectivity index (χ3n) is 5.35. The van der Waals surface area contributed by atoms with E-state index in [9.17, 15) is 24.0 Å². The van der Waals surface area contributed by atoms with Gasteiger partial charge in [-0.3, -0.25) is 18.6 Å². The first-order chi connectivity index (χ1) is 16.2. The van der Waals surface area contributed by atoms with Gasteiger partial charge in [0.1, 0.15) is 46.0 Å². The van der Waals surface area contributed by atoms with Crippen LogP contribution in [0.3, 0.4) is 0 Å². The van der Waals surface area contributed by atoms with E-state index in [-0.39, 0.29) is 22.7 Å². The molecule has 2 aromatic rings. The number of aliphatic hydroxyl groups is 2. The lowest BCUT2D eigenvalue weighted by atomic mass is 9.59. The van der Waals surface area contributed by atoms with Gasteiger partial charge in [-0.2, -0.15) is 0 Å². The smallest absolute Gasteiger partial charge is 0.493 e. The fourth-order valence-electron chi connectivity index (χ4n) is 3.52. The average Bonchev–Trinajstić information content (AvgIpc) is 2.97. The van der Waals surface area contributed by atoms with Gasteiger partial charge in [-0.25, -0.2) is 18.1 Å². The van der Waals surface area contributed by atoms with Crippen LogP contribution < -0.4 is 15.0 Å². The topological polar surface area (TPSA) is 141 Å². The molecule has 0 amide bonds. The molecule has 0 spiro atoms. The van der Waals surface area contributed by atoms with Crippen molar-refractivity contribution in [2.75, 3.05) is 7.11 Å². The molecule has 1 aromatic heterocycles. The van der Waals surface area contributed by atoms with E-state index in [2.05, 4.69) is 12.2 Å². The quantitative estimate of drug-likeness (QED) is 0.278. The predicted molar refractivity (Wildman–Crippen MR) is 118 cm³/mol. The van der Waals surface area contributed by atoms with Crippen molar-refractivity contribution in [1.82, 2.24) is 9.55 Å². The second kappa shape index (κ2) is 8.54. The number of hydrogen-bond acceptors (Lipinski definition) is 10. The Morgan fingerprint density at radius 3 is 2.71 bits per heavy atom. The number of benzene rings is 1. The van der Waals surface area contributed by atoms with Crippen molar-refractivity contribution in [2.24, 2.45) is 0 Å². The molecule has 2 aliphatic rings. The number of H-pyrrole nitrogens is 1. The summed E-state index contributed by atoms with van der Waals surface area (Å²) < 4.78 is 67.9. The minimum Gasteiger partial charge on any atom is -0.493 e. The highest BCUT2D eigenvalue weighted by Crippen LogP contribution is 2.60. The van der Waals surface area contributed by atoms with Crippen LogP contribution in [0.25, 0.3) is 0 Å². The second-order valence-corrected chi connectivity index (χ2v) is 9.57. The first-order valence-corrected chi connectivity index (χ1v) is 11.5. The molecular formula is C17H14B3F2N2O9PS. The van der Waals surface area contributed by atoms with Gasteiger partial charge >= 0.3 is 13.5 Å². The molecule has 6 radical (unpaired) electrons. The number of alkyl halides is 1. The normalized spacial score (nSPS) is 32.6. The van der Waals surface area contributed by atoms with Crippen LogP contribution in [0.2, 0.25) is 0 Å². The predicted octanol–water partition coefficient (Wildman–Crippen LogP) is -0.0251. The molecule has 4 rings (SSSR count). The van der Waals surface area contributed by atoms with E-state index in [0.717, 1.165) is 0 Å². The Kier molecular flexibility index (Phi) is 6.37. The van der Waals surface area contributed by atoms with Crippen molar-refractivity contribution in [3.8, 4) is 11.5 Å². The summed E-state index contributed by atoms with van der Waals surface area (Å²) in [5.41, 5.74) is -3.84. The van der Waals surface area contributed by atoms with Crippen LogP contribution in [0, 0.1) is 10.5 Å². The van der Waals surface area contributed by atoms with E-state index in [0.29, 0.717) is 11.8 Å². The van der Waals surface area contributed by atoms with Crippen LogP contribution in [0.15, 0.2) is 29.2 Å². The van der Waals surface area contributed by atoms with Crippen LogP contribution in [0.5, 0.6) is 11.5 Å². The lowest BCUT2D eigenvalue weighted by molar-refractivity contribution is -0.240. The highest BCUT2D eigenvalue weighted by Gasteiger charge is 2.69. The number of ether oxygens (including phenoxy) is 2. The SMILES string of the molecule is [B]C([B])(OP1(=O)OCc2cccc(OC)c2O1)[C@@]1(F)O[C@@]([B])(n2cc(F)c(=S)[nH]c2=O)[C@H](O)[C@@H]1O. The number of nitrogens with one attached hydrogen (secondary N) is 1. The number of para-hydroxylation sites is 1. The molecule has 3 heterocycles. The summed E-state index contributed by atoms with van der Waals surface area (Å²) in [6.07, 6.45) is -4.81. The van der Waals surface area contributed by atoms with Crippen LogP contribution >= 0.6 is 20.0 Å². The first kappa shape index (κ1) is 26.1. The van der Waals surface area contributed by atoms with E-state index >= 15 is 4.39 Å². The molecule has 1 aromatic carbocycles. The van der Waals surface area contributed by atoms with Gasteiger partial charge in [0.2, 0.25) is 0 Å². The molecule has 180 valence electrons. The van der Waals surface area contributed by atoms with Crippen molar-refractivity contribution in [3.63, 3.8) is 0 Å². The number of rotatable bonds is 5.